The van der Waals surface area contributed by atoms with Crippen LogP contribution in [0.4, 0.5) is 0 Å². The lowest BCUT2D eigenvalue weighted by Crippen LogP contribution is -2.25. The largest absolute Gasteiger partial charge is 0.488 e. The van der Waals surface area contributed by atoms with Crippen molar-refractivity contribution in [1.82, 2.24) is 0 Å². The van der Waals surface area contributed by atoms with Crippen molar-refractivity contribution >= 4 is 45.1 Å². The smallest absolute Gasteiger partial charge is 0.306 e. The predicted molar refractivity (Wildman–Crippen MR) is 175 cm³/mol. The summed E-state index contributed by atoms with van der Waals surface area (Å²) in [4.78, 5) is 24.9. The Bertz CT molecular complexity index is 1310. The van der Waals surface area contributed by atoms with E-state index in [1.54, 1.807) is 0 Å². The molecular formula is C36H49ClO6. The van der Waals surface area contributed by atoms with E-state index in [9.17, 15) is 9.59 Å². The maximum absolute atomic E-state index is 12.5. The summed E-state index contributed by atoms with van der Waals surface area (Å²) in [5.74, 6) is 1.00. The van der Waals surface area contributed by atoms with Crippen LogP contribution in [-0.4, -0.2) is 37.4 Å². The third-order valence-electron chi connectivity index (χ3n) is 7.69. The van der Waals surface area contributed by atoms with E-state index in [4.69, 9.17) is 30.5 Å². The quantitative estimate of drug-likeness (QED) is 0.0718. The summed E-state index contributed by atoms with van der Waals surface area (Å²) in [5, 5.41) is 3.98. The molecule has 3 rings (SSSR count). The SMILES string of the molecule is CCCCCCC(=O)OC(CC)COc1c2ccccc2c(OCC(CC)OC(=O)CCCCCC)c2cc(Cl)ccc12. The summed E-state index contributed by atoms with van der Waals surface area (Å²) in [6.45, 7) is 8.76. The van der Waals surface area contributed by atoms with Gasteiger partial charge in [-0.05, 0) is 43.9 Å². The van der Waals surface area contributed by atoms with E-state index in [1.807, 2.05) is 56.3 Å². The van der Waals surface area contributed by atoms with Crippen molar-refractivity contribution in [2.24, 2.45) is 0 Å². The van der Waals surface area contributed by atoms with Crippen molar-refractivity contribution in [3.05, 3.63) is 47.5 Å². The van der Waals surface area contributed by atoms with Crippen LogP contribution in [0.25, 0.3) is 21.5 Å². The molecule has 2 unspecified atom stereocenters. The second-order valence-corrected chi connectivity index (χ2v) is 11.6. The van der Waals surface area contributed by atoms with Gasteiger partial charge in [0.15, 0.2) is 0 Å². The zero-order valence-corrected chi connectivity index (χ0v) is 27.2. The molecule has 236 valence electrons. The Labute approximate surface area is 262 Å². The molecule has 0 saturated heterocycles. The van der Waals surface area contributed by atoms with Gasteiger partial charge in [0, 0.05) is 39.4 Å². The minimum Gasteiger partial charge on any atom is -0.488 e. The Morgan fingerprint density at radius 3 is 1.56 bits per heavy atom. The van der Waals surface area contributed by atoms with Gasteiger partial charge in [-0.25, -0.2) is 0 Å². The number of carbonyl (C=O) groups excluding carboxylic acids is 2. The van der Waals surface area contributed by atoms with Crippen molar-refractivity contribution in [3.63, 3.8) is 0 Å². The molecule has 3 aromatic carbocycles. The highest BCUT2D eigenvalue weighted by Crippen LogP contribution is 2.44. The van der Waals surface area contributed by atoms with Crippen molar-refractivity contribution in [2.75, 3.05) is 13.2 Å². The van der Waals surface area contributed by atoms with Crippen LogP contribution in [0.3, 0.4) is 0 Å². The van der Waals surface area contributed by atoms with Gasteiger partial charge in [0.1, 0.15) is 36.9 Å². The number of benzene rings is 3. The molecule has 6 nitrogen and oxygen atoms in total. The van der Waals surface area contributed by atoms with E-state index in [1.165, 1.54) is 0 Å². The Morgan fingerprint density at radius 2 is 1.09 bits per heavy atom. The fraction of sp³-hybridized carbons (Fsp3) is 0.556. The molecule has 0 radical (unpaired) electrons. The number of hydrogen-bond acceptors (Lipinski definition) is 6. The lowest BCUT2D eigenvalue weighted by Gasteiger charge is -2.22. The minimum absolute atomic E-state index is 0.177. The Hall–Kier alpha value is -2.99. The number of unbranched alkanes of at least 4 members (excludes halogenated alkanes) is 6. The zero-order chi connectivity index (χ0) is 31.0. The molecule has 0 aliphatic heterocycles. The highest BCUT2D eigenvalue weighted by molar-refractivity contribution is 6.31. The van der Waals surface area contributed by atoms with Crippen LogP contribution in [0.5, 0.6) is 11.5 Å². The fourth-order valence-electron chi connectivity index (χ4n) is 5.09. The predicted octanol–water partition coefficient (Wildman–Crippen LogP) is 9.99. The first kappa shape index (κ1) is 34.5. The van der Waals surface area contributed by atoms with Crippen molar-refractivity contribution in [1.29, 1.82) is 0 Å². The molecule has 0 amide bonds. The summed E-state index contributed by atoms with van der Waals surface area (Å²) < 4.78 is 24.4. The van der Waals surface area contributed by atoms with Crippen LogP contribution < -0.4 is 9.47 Å². The first-order chi connectivity index (χ1) is 20.9. The van der Waals surface area contributed by atoms with Crippen LogP contribution in [0.15, 0.2) is 42.5 Å². The maximum Gasteiger partial charge on any atom is 0.306 e. The molecule has 0 aliphatic carbocycles. The minimum atomic E-state index is -0.357. The second-order valence-electron chi connectivity index (χ2n) is 11.2. The summed E-state index contributed by atoms with van der Waals surface area (Å²) in [6, 6.07) is 13.5. The van der Waals surface area contributed by atoms with E-state index < -0.39 is 0 Å². The van der Waals surface area contributed by atoms with Crippen LogP contribution in [-0.2, 0) is 19.1 Å². The number of halogens is 1. The molecular weight excluding hydrogens is 564 g/mol. The van der Waals surface area contributed by atoms with Gasteiger partial charge in [0.25, 0.3) is 0 Å². The number of ether oxygens (including phenoxy) is 4. The van der Waals surface area contributed by atoms with E-state index in [0.29, 0.717) is 42.2 Å². The first-order valence-corrected chi connectivity index (χ1v) is 16.6. The standard InChI is InChI=1S/C36H49ClO6/c1-5-9-11-13-19-33(38)42-27(7-3)24-40-35-29-17-15-16-18-30(29)36(32-23-26(37)21-22-31(32)35)41-25-28(8-4)43-34(39)20-14-12-10-6-2/h15-18,21-23,27-28H,5-14,19-20,24-25H2,1-4H3. The molecule has 0 bridgehead atoms. The number of carbonyl (C=O) groups is 2. The van der Waals surface area contributed by atoms with Gasteiger partial charge < -0.3 is 18.9 Å². The molecule has 2 atom stereocenters. The zero-order valence-electron chi connectivity index (χ0n) is 26.4. The number of rotatable bonds is 20. The van der Waals surface area contributed by atoms with Gasteiger partial charge in [-0.1, -0.05) is 102 Å². The molecule has 0 heterocycles. The van der Waals surface area contributed by atoms with Gasteiger partial charge >= 0.3 is 11.9 Å². The molecule has 0 aliphatic rings. The van der Waals surface area contributed by atoms with Crippen molar-refractivity contribution < 1.29 is 28.5 Å². The van der Waals surface area contributed by atoms with E-state index in [0.717, 1.165) is 72.9 Å². The van der Waals surface area contributed by atoms with Gasteiger partial charge in [0.05, 0.1) is 0 Å². The van der Waals surface area contributed by atoms with E-state index in [-0.39, 0.29) is 37.4 Å². The summed E-state index contributed by atoms with van der Waals surface area (Å²) in [7, 11) is 0. The third kappa shape index (κ3) is 10.6. The molecule has 0 saturated carbocycles. The van der Waals surface area contributed by atoms with E-state index in [2.05, 4.69) is 13.8 Å². The summed E-state index contributed by atoms with van der Waals surface area (Å²) in [6.07, 6.45) is 9.72. The number of fused-ring (bicyclic) bond motifs is 2. The van der Waals surface area contributed by atoms with Gasteiger partial charge in [0.2, 0.25) is 0 Å². The Morgan fingerprint density at radius 1 is 0.628 bits per heavy atom. The summed E-state index contributed by atoms with van der Waals surface area (Å²) in [5.41, 5.74) is 0. The average molecular weight is 613 g/mol. The first-order valence-electron chi connectivity index (χ1n) is 16.2. The lowest BCUT2D eigenvalue weighted by molar-refractivity contribution is -0.151. The maximum atomic E-state index is 12.5. The third-order valence-corrected chi connectivity index (χ3v) is 7.93. The highest BCUT2D eigenvalue weighted by Gasteiger charge is 2.21. The molecule has 7 heteroatoms. The second kappa shape index (κ2) is 18.6. The highest BCUT2D eigenvalue weighted by atomic mass is 35.5. The monoisotopic (exact) mass is 612 g/mol. The Balaban J connectivity index is 1.81. The van der Waals surface area contributed by atoms with Crippen molar-refractivity contribution in [3.8, 4) is 11.5 Å². The molecule has 0 aromatic heterocycles. The Kier molecular flexibility index (Phi) is 14.9. The molecule has 3 aromatic rings. The molecule has 0 spiro atoms. The molecule has 0 fully saturated rings. The van der Waals surface area contributed by atoms with Gasteiger partial charge in [-0.15, -0.1) is 0 Å². The fourth-order valence-corrected chi connectivity index (χ4v) is 5.26. The summed E-state index contributed by atoms with van der Waals surface area (Å²) >= 11 is 6.47. The van der Waals surface area contributed by atoms with Crippen LogP contribution in [0.2, 0.25) is 5.02 Å². The number of hydrogen-bond donors (Lipinski definition) is 0. The molecule has 0 N–H and O–H groups in total. The van der Waals surface area contributed by atoms with Gasteiger partial charge in [-0.3, -0.25) is 9.59 Å². The van der Waals surface area contributed by atoms with Crippen LogP contribution >= 0.6 is 11.6 Å². The number of esters is 2. The lowest BCUT2D eigenvalue weighted by atomic mass is 10.0. The van der Waals surface area contributed by atoms with Crippen LogP contribution in [0.1, 0.15) is 105 Å². The van der Waals surface area contributed by atoms with Crippen LogP contribution in [0, 0.1) is 0 Å². The van der Waals surface area contributed by atoms with Gasteiger partial charge in [-0.2, -0.15) is 0 Å². The van der Waals surface area contributed by atoms with E-state index >= 15 is 0 Å². The topological polar surface area (TPSA) is 71.1 Å². The normalized spacial score (nSPS) is 12.7. The van der Waals surface area contributed by atoms with Crippen molar-refractivity contribution in [2.45, 2.75) is 117 Å². The average Bonchev–Trinajstić information content (AvgIpc) is 3.01. The molecule has 43 heavy (non-hydrogen) atoms.